The summed E-state index contributed by atoms with van der Waals surface area (Å²) in [4.78, 5) is 4.09. The van der Waals surface area contributed by atoms with E-state index in [1.807, 2.05) is 6.07 Å². The van der Waals surface area contributed by atoms with Crippen molar-refractivity contribution in [3.05, 3.63) is 47.0 Å². The van der Waals surface area contributed by atoms with Gasteiger partial charge in [-0.2, -0.15) is 0 Å². The summed E-state index contributed by atoms with van der Waals surface area (Å²) in [6, 6.07) is 7.11. The quantitative estimate of drug-likeness (QED) is 0.859. The zero-order valence-electron chi connectivity index (χ0n) is 8.48. The van der Waals surface area contributed by atoms with Gasteiger partial charge in [-0.15, -0.1) is 0 Å². The van der Waals surface area contributed by atoms with Crippen LogP contribution >= 0.6 is 11.6 Å². The Morgan fingerprint density at radius 3 is 2.69 bits per heavy atom. The van der Waals surface area contributed by atoms with Gasteiger partial charge in [-0.1, -0.05) is 11.6 Å². The Labute approximate surface area is 97.9 Å². The first-order valence-electron chi connectivity index (χ1n) is 4.82. The van der Waals surface area contributed by atoms with Gasteiger partial charge in [-0.05, 0) is 24.3 Å². The Morgan fingerprint density at radius 2 is 2.06 bits per heavy atom. The standard InChI is InChI=1S/C11H11ClN2O2/c12-8-1-4-11(13-5-8)14-6-9-2-3-10(7-15)16-9/h1-5,15H,6-7H2,(H,13,14). The number of halogens is 1. The fraction of sp³-hybridized carbons (Fsp3) is 0.182. The van der Waals surface area contributed by atoms with Crippen molar-refractivity contribution in [1.29, 1.82) is 0 Å². The SMILES string of the molecule is OCc1ccc(CNc2ccc(Cl)cn2)o1. The number of furan rings is 1. The predicted molar refractivity (Wildman–Crippen MR) is 61.2 cm³/mol. The molecular formula is C11H11ClN2O2. The van der Waals surface area contributed by atoms with Crippen LogP contribution in [0.25, 0.3) is 0 Å². The van der Waals surface area contributed by atoms with E-state index in [4.69, 9.17) is 21.1 Å². The molecule has 0 amide bonds. The summed E-state index contributed by atoms with van der Waals surface area (Å²) in [5, 5.41) is 12.5. The monoisotopic (exact) mass is 238 g/mol. The molecular weight excluding hydrogens is 228 g/mol. The predicted octanol–water partition coefficient (Wildman–Crippen LogP) is 2.43. The molecule has 0 aromatic carbocycles. The fourth-order valence-corrected chi connectivity index (χ4v) is 1.37. The van der Waals surface area contributed by atoms with Crippen LogP contribution in [0.1, 0.15) is 11.5 Å². The summed E-state index contributed by atoms with van der Waals surface area (Å²) in [7, 11) is 0. The molecule has 2 aromatic rings. The average molecular weight is 239 g/mol. The molecule has 0 saturated carbocycles. The molecule has 0 aliphatic heterocycles. The van der Waals surface area contributed by atoms with E-state index in [0.29, 0.717) is 17.3 Å². The van der Waals surface area contributed by atoms with Crippen LogP contribution in [0.5, 0.6) is 0 Å². The number of anilines is 1. The smallest absolute Gasteiger partial charge is 0.129 e. The molecule has 0 aliphatic rings. The van der Waals surface area contributed by atoms with Crippen LogP contribution in [0, 0.1) is 0 Å². The van der Waals surface area contributed by atoms with Crippen LogP contribution in [0.4, 0.5) is 5.82 Å². The van der Waals surface area contributed by atoms with Crippen molar-refractivity contribution in [2.75, 3.05) is 5.32 Å². The molecule has 0 bridgehead atoms. The van der Waals surface area contributed by atoms with E-state index in [0.717, 1.165) is 11.6 Å². The lowest BCUT2D eigenvalue weighted by atomic mass is 10.4. The number of hydrogen-bond donors (Lipinski definition) is 2. The minimum Gasteiger partial charge on any atom is -0.462 e. The highest BCUT2D eigenvalue weighted by Crippen LogP contribution is 2.12. The van der Waals surface area contributed by atoms with Crippen molar-refractivity contribution in [2.24, 2.45) is 0 Å². The summed E-state index contributed by atoms with van der Waals surface area (Å²) in [5.74, 6) is 2.04. The van der Waals surface area contributed by atoms with Crippen LogP contribution in [0.3, 0.4) is 0 Å². The van der Waals surface area contributed by atoms with Gasteiger partial charge in [0, 0.05) is 6.20 Å². The molecule has 0 radical (unpaired) electrons. The summed E-state index contributed by atoms with van der Waals surface area (Å²) in [6.45, 7) is 0.438. The number of aromatic nitrogens is 1. The average Bonchev–Trinajstić information content (AvgIpc) is 2.76. The first-order chi connectivity index (χ1) is 7.78. The number of nitrogens with zero attached hydrogens (tertiary/aromatic N) is 1. The second kappa shape index (κ2) is 5.01. The maximum atomic E-state index is 8.83. The molecule has 0 saturated heterocycles. The Kier molecular flexibility index (Phi) is 3.44. The molecule has 16 heavy (non-hydrogen) atoms. The highest BCUT2D eigenvalue weighted by atomic mass is 35.5. The molecule has 2 aromatic heterocycles. The third kappa shape index (κ3) is 2.74. The van der Waals surface area contributed by atoms with Gasteiger partial charge in [0.05, 0.1) is 11.6 Å². The van der Waals surface area contributed by atoms with E-state index in [2.05, 4.69) is 10.3 Å². The minimum atomic E-state index is -0.0841. The van der Waals surface area contributed by atoms with Gasteiger partial charge in [0.1, 0.15) is 23.9 Å². The van der Waals surface area contributed by atoms with E-state index in [-0.39, 0.29) is 6.61 Å². The molecule has 5 heteroatoms. The lowest BCUT2D eigenvalue weighted by Crippen LogP contribution is -1.99. The summed E-state index contributed by atoms with van der Waals surface area (Å²) in [5.41, 5.74) is 0. The first-order valence-corrected chi connectivity index (χ1v) is 5.19. The highest BCUT2D eigenvalue weighted by Gasteiger charge is 2.01. The number of aliphatic hydroxyl groups is 1. The van der Waals surface area contributed by atoms with Crippen LogP contribution < -0.4 is 5.32 Å². The molecule has 2 N–H and O–H groups in total. The molecule has 0 atom stereocenters. The van der Waals surface area contributed by atoms with Crippen molar-refractivity contribution in [3.63, 3.8) is 0 Å². The summed E-state index contributed by atoms with van der Waals surface area (Å²) in [6.07, 6.45) is 1.57. The topological polar surface area (TPSA) is 58.3 Å². The van der Waals surface area contributed by atoms with E-state index in [1.54, 1.807) is 24.4 Å². The molecule has 0 aliphatic carbocycles. The normalized spacial score (nSPS) is 10.4. The first kappa shape index (κ1) is 11.0. The number of hydrogen-bond acceptors (Lipinski definition) is 4. The maximum Gasteiger partial charge on any atom is 0.129 e. The van der Waals surface area contributed by atoms with Crippen molar-refractivity contribution in [1.82, 2.24) is 4.98 Å². The Bertz CT molecular complexity index is 453. The molecule has 0 spiro atoms. The van der Waals surface area contributed by atoms with Crippen LogP contribution in [-0.2, 0) is 13.2 Å². The van der Waals surface area contributed by atoms with Gasteiger partial charge in [0.2, 0.25) is 0 Å². The molecule has 4 nitrogen and oxygen atoms in total. The van der Waals surface area contributed by atoms with Crippen LogP contribution in [0.2, 0.25) is 5.02 Å². The van der Waals surface area contributed by atoms with Crippen LogP contribution in [0.15, 0.2) is 34.9 Å². The van der Waals surface area contributed by atoms with E-state index < -0.39 is 0 Å². The Hall–Kier alpha value is -1.52. The van der Waals surface area contributed by atoms with Crippen LogP contribution in [-0.4, -0.2) is 10.1 Å². The van der Waals surface area contributed by atoms with E-state index in [1.165, 1.54) is 0 Å². The lowest BCUT2D eigenvalue weighted by Gasteiger charge is -2.02. The lowest BCUT2D eigenvalue weighted by molar-refractivity contribution is 0.244. The molecule has 0 fully saturated rings. The van der Waals surface area contributed by atoms with Gasteiger partial charge < -0.3 is 14.8 Å². The molecule has 0 unspecified atom stereocenters. The van der Waals surface area contributed by atoms with Gasteiger partial charge >= 0.3 is 0 Å². The molecule has 2 rings (SSSR count). The van der Waals surface area contributed by atoms with Gasteiger partial charge in [0.15, 0.2) is 0 Å². The Balaban J connectivity index is 1.94. The van der Waals surface area contributed by atoms with Gasteiger partial charge in [0.25, 0.3) is 0 Å². The third-order valence-corrected chi connectivity index (χ3v) is 2.27. The highest BCUT2D eigenvalue weighted by molar-refractivity contribution is 6.30. The number of nitrogens with one attached hydrogen (secondary N) is 1. The minimum absolute atomic E-state index is 0.0841. The number of aliphatic hydroxyl groups excluding tert-OH is 1. The number of rotatable bonds is 4. The second-order valence-electron chi connectivity index (χ2n) is 3.24. The zero-order chi connectivity index (χ0) is 11.4. The fourth-order valence-electron chi connectivity index (χ4n) is 1.26. The van der Waals surface area contributed by atoms with Crippen molar-refractivity contribution < 1.29 is 9.52 Å². The summed E-state index contributed by atoms with van der Waals surface area (Å²) >= 11 is 5.71. The second-order valence-corrected chi connectivity index (χ2v) is 3.68. The van der Waals surface area contributed by atoms with Crippen molar-refractivity contribution >= 4 is 17.4 Å². The van der Waals surface area contributed by atoms with Crippen molar-refractivity contribution in [2.45, 2.75) is 13.2 Å². The molecule has 2 heterocycles. The molecule has 84 valence electrons. The Morgan fingerprint density at radius 1 is 1.25 bits per heavy atom. The van der Waals surface area contributed by atoms with Gasteiger partial charge in [-0.25, -0.2) is 4.98 Å². The van der Waals surface area contributed by atoms with E-state index >= 15 is 0 Å². The van der Waals surface area contributed by atoms with Crippen molar-refractivity contribution in [3.8, 4) is 0 Å². The number of pyridine rings is 1. The summed E-state index contributed by atoms with van der Waals surface area (Å²) < 4.78 is 5.31. The van der Waals surface area contributed by atoms with E-state index in [9.17, 15) is 0 Å². The third-order valence-electron chi connectivity index (χ3n) is 2.04. The largest absolute Gasteiger partial charge is 0.462 e. The van der Waals surface area contributed by atoms with Gasteiger partial charge in [-0.3, -0.25) is 0 Å². The maximum absolute atomic E-state index is 8.83. The zero-order valence-corrected chi connectivity index (χ0v) is 9.24.